The van der Waals surface area contributed by atoms with Gasteiger partial charge in [-0.15, -0.1) is 0 Å². The van der Waals surface area contributed by atoms with E-state index < -0.39 is 4.92 Å². The average Bonchev–Trinajstić information content (AvgIpc) is 2.83. The van der Waals surface area contributed by atoms with Crippen LogP contribution in [0.2, 0.25) is 0 Å². The van der Waals surface area contributed by atoms with Crippen molar-refractivity contribution in [3.05, 3.63) is 62.0 Å². The molecule has 2 rings (SSSR count). The zero-order valence-electron chi connectivity index (χ0n) is 11.5. The van der Waals surface area contributed by atoms with E-state index in [0.29, 0.717) is 6.54 Å². The van der Waals surface area contributed by atoms with Gasteiger partial charge in [-0.25, -0.2) is 0 Å². The molecule has 0 spiro atoms. The number of rotatable bonds is 4. The molecule has 1 amide bonds. The summed E-state index contributed by atoms with van der Waals surface area (Å²) in [6.07, 6.45) is 1.56. The van der Waals surface area contributed by atoms with Gasteiger partial charge in [0.05, 0.1) is 16.7 Å². The predicted molar refractivity (Wildman–Crippen MR) is 80.0 cm³/mol. The lowest BCUT2D eigenvalue weighted by molar-refractivity contribution is -0.385. The molecule has 0 aliphatic rings. The average molecular weight is 353 g/mol. The van der Waals surface area contributed by atoms with Crippen molar-refractivity contribution < 1.29 is 14.1 Å². The van der Waals surface area contributed by atoms with Crippen molar-refractivity contribution in [2.45, 2.75) is 13.5 Å². The summed E-state index contributed by atoms with van der Waals surface area (Å²) in [4.78, 5) is 24.3. The molecule has 2 aromatic rings. The number of nitro groups is 1. The van der Waals surface area contributed by atoms with Crippen molar-refractivity contribution in [3.63, 3.8) is 0 Å². The lowest BCUT2D eigenvalue weighted by Crippen LogP contribution is -2.26. The Morgan fingerprint density at radius 1 is 1.43 bits per heavy atom. The molecule has 0 aliphatic carbocycles. The highest BCUT2D eigenvalue weighted by Crippen LogP contribution is 2.29. The van der Waals surface area contributed by atoms with Crippen LogP contribution in [0.3, 0.4) is 0 Å². The Kier molecular flexibility index (Phi) is 4.42. The largest absolute Gasteiger partial charge is 0.469 e. The van der Waals surface area contributed by atoms with E-state index in [0.717, 1.165) is 11.3 Å². The molecular formula is C14H13BrN2O4. The smallest absolute Gasteiger partial charge is 0.284 e. The zero-order valence-corrected chi connectivity index (χ0v) is 13.1. The third-order valence-corrected chi connectivity index (χ3v) is 3.96. The van der Waals surface area contributed by atoms with Crippen LogP contribution in [0.4, 0.5) is 5.69 Å². The van der Waals surface area contributed by atoms with Gasteiger partial charge in [-0.2, -0.15) is 0 Å². The van der Waals surface area contributed by atoms with Crippen molar-refractivity contribution in [2.24, 2.45) is 0 Å². The molecule has 21 heavy (non-hydrogen) atoms. The molecule has 0 saturated heterocycles. The number of nitrogens with zero attached hydrogens (tertiary/aromatic N) is 2. The van der Waals surface area contributed by atoms with Gasteiger partial charge in [-0.05, 0) is 35.0 Å². The lowest BCUT2D eigenvalue weighted by atomic mass is 10.1. The number of hydrogen-bond donors (Lipinski definition) is 0. The number of aryl methyl sites for hydroxylation is 1. The van der Waals surface area contributed by atoms with Crippen LogP contribution < -0.4 is 0 Å². The van der Waals surface area contributed by atoms with Crippen LogP contribution in [0.1, 0.15) is 21.7 Å². The number of hydrogen-bond acceptors (Lipinski definition) is 4. The minimum atomic E-state index is -0.527. The maximum absolute atomic E-state index is 12.4. The van der Waals surface area contributed by atoms with Crippen LogP contribution >= 0.6 is 15.9 Å². The number of halogens is 1. The molecule has 1 aromatic carbocycles. The van der Waals surface area contributed by atoms with Crippen LogP contribution in [0, 0.1) is 17.0 Å². The van der Waals surface area contributed by atoms with Crippen LogP contribution in [-0.4, -0.2) is 22.8 Å². The molecule has 0 aliphatic heterocycles. The predicted octanol–water partition coefficient (Wildman–Crippen LogP) is 3.53. The van der Waals surface area contributed by atoms with E-state index in [1.807, 2.05) is 6.92 Å². The summed E-state index contributed by atoms with van der Waals surface area (Å²) in [5.74, 6) is 0.443. The Labute approximate surface area is 129 Å². The molecule has 0 saturated carbocycles. The third-order valence-electron chi connectivity index (χ3n) is 3.13. The van der Waals surface area contributed by atoms with Crippen molar-refractivity contribution in [2.75, 3.05) is 7.05 Å². The van der Waals surface area contributed by atoms with E-state index in [2.05, 4.69) is 15.9 Å². The molecule has 110 valence electrons. The fourth-order valence-electron chi connectivity index (χ4n) is 1.93. The maximum Gasteiger partial charge on any atom is 0.284 e. The maximum atomic E-state index is 12.4. The summed E-state index contributed by atoms with van der Waals surface area (Å²) in [7, 11) is 1.64. The Hall–Kier alpha value is -2.15. The number of benzene rings is 1. The second kappa shape index (κ2) is 6.09. The van der Waals surface area contributed by atoms with E-state index in [1.165, 1.54) is 17.0 Å². The number of furan rings is 1. The van der Waals surface area contributed by atoms with E-state index >= 15 is 0 Å². The molecule has 0 fully saturated rings. The molecule has 1 heterocycles. The van der Waals surface area contributed by atoms with Crippen molar-refractivity contribution in [1.82, 2.24) is 4.90 Å². The highest BCUT2D eigenvalue weighted by molar-refractivity contribution is 9.10. The third kappa shape index (κ3) is 3.13. The summed E-state index contributed by atoms with van der Waals surface area (Å²) >= 11 is 3.14. The summed E-state index contributed by atoms with van der Waals surface area (Å²) in [6, 6.07) is 6.19. The molecule has 1 aromatic heterocycles. The Morgan fingerprint density at radius 2 is 2.14 bits per heavy atom. The Morgan fingerprint density at radius 3 is 2.71 bits per heavy atom. The van der Waals surface area contributed by atoms with Gasteiger partial charge in [0.1, 0.15) is 10.2 Å². The lowest BCUT2D eigenvalue weighted by Gasteiger charge is -2.17. The van der Waals surface area contributed by atoms with Crippen molar-refractivity contribution in [1.29, 1.82) is 0 Å². The SMILES string of the molecule is Cc1occc1CN(C)C(=O)c1cccc([N+](=O)[O-])c1Br. The van der Waals surface area contributed by atoms with Crippen LogP contribution in [0.25, 0.3) is 0 Å². The van der Waals surface area contributed by atoms with E-state index in [-0.39, 0.29) is 21.6 Å². The molecule has 0 atom stereocenters. The van der Waals surface area contributed by atoms with E-state index in [9.17, 15) is 14.9 Å². The van der Waals surface area contributed by atoms with Crippen LogP contribution in [0.5, 0.6) is 0 Å². The topological polar surface area (TPSA) is 76.6 Å². The fraction of sp³-hybridized carbons (Fsp3) is 0.214. The number of nitro benzene ring substituents is 1. The minimum absolute atomic E-state index is 0.131. The highest BCUT2D eigenvalue weighted by Gasteiger charge is 2.22. The van der Waals surface area contributed by atoms with Gasteiger partial charge < -0.3 is 9.32 Å². The van der Waals surface area contributed by atoms with Crippen molar-refractivity contribution in [3.8, 4) is 0 Å². The molecule has 0 unspecified atom stereocenters. The Bertz CT molecular complexity index is 696. The van der Waals surface area contributed by atoms with Crippen LogP contribution in [-0.2, 0) is 6.54 Å². The molecule has 0 N–H and O–H groups in total. The standard InChI is InChI=1S/C14H13BrN2O4/c1-9-10(6-7-21-9)8-16(2)14(18)11-4-3-5-12(13(11)15)17(19)20/h3-7H,8H2,1-2H3. The van der Waals surface area contributed by atoms with Gasteiger partial charge in [-0.3, -0.25) is 14.9 Å². The first-order chi connectivity index (χ1) is 9.91. The summed E-state index contributed by atoms with van der Waals surface area (Å²) < 4.78 is 5.38. The molecular weight excluding hydrogens is 340 g/mol. The normalized spacial score (nSPS) is 10.4. The second-order valence-electron chi connectivity index (χ2n) is 4.56. The molecule has 7 heteroatoms. The summed E-state index contributed by atoms with van der Waals surface area (Å²) in [5, 5.41) is 10.9. The van der Waals surface area contributed by atoms with Crippen LogP contribution in [0.15, 0.2) is 39.4 Å². The van der Waals surface area contributed by atoms with Gasteiger partial charge in [-0.1, -0.05) is 6.07 Å². The van der Waals surface area contributed by atoms with Gasteiger partial charge in [0.2, 0.25) is 0 Å². The summed E-state index contributed by atoms with van der Waals surface area (Å²) in [6.45, 7) is 2.19. The van der Waals surface area contributed by atoms with E-state index in [1.54, 1.807) is 25.4 Å². The fourth-order valence-corrected chi connectivity index (χ4v) is 2.51. The van der Waals surface area contributed by atoms with Gasteiger partial charge >= 0.3 is 0 Å². The molecule has 0 bridgehead atoms. The molecule has 0 radical (unpaired) electrons. The highest BCUT2D eigenvalue weighted by atomic mass is 79.9. The Balaban J connectivity index is 2.26. The zero-order chi connectivity index (χ0) is 15.6. The van der Waals surface area contributed by atoms with Gasteiger partial charge in [0.25, 0.3) is 11.6 Å². The number of carbonyl (C=O) groups is 1. The number of amides is 1. The van der Waals surface area contributed by atoms with Gasteiger partial charge in [0, 0.05) is 25.2 Å². The first-order valence-electron chi connectivity index (χ1n) is 6.13. The minimum Gasteiger partial charge on any atom is -0.469 e. The monoisotopic (exact) mass is 352 g/mol. The van der Waals surface area contributed by atoms with Gasteiger partial charge in [0.15, 0.2) is 0 Å². The van der Waals surface area contributed by atoms with E-state index in [4.69, 9.17) is 4.42 Å². The molecule has 6 nitrogen and oxygen atoms in total. The first-order valence-corrected chi connectivity index (χ1v) is 6.92. The quantitative estimate of drug-likeness (QED) is 0.622. The summed E-state index contributed by atoms with van der Waals surface area (Å²) in [5.41, 5.74) is 1.02. The van der Waals surface area contributed by atoms with Crippen molar-refractivity contribution >= 4 is 27.5 Å². The first kappa shape index (κ1) is 15.2. The second-order valence-corrected chi connectivity index (χ2v) is 5.35. The number of carbonyl (C=O) groups excluding carboxylic acids is 1.